The summed E-state index contributed by atoms with van der Waals surface area (Å²) in [5.74, 6) is 1.03. The van der Waals surface area contributed by atoms with Gasteiger partial charge in [0.2, 0.25) is 11.8 Å². The van der Waals surface area contributed by atoms with Crippen molar-refractivity contribution in [3.8, 4) is 5.88 Å². The number of hydrogen-bond donors (Lipinski definition) is 1. The fourth-order valence-corrected chi connectivity index (χ4v) is 2.08. The lowest BCUT2D eigenvalue weighted by molar-refractivity contribution is 0.394. The number of halogens is 1. The molecule has 0 atom stereocenters. The number of aryl methyl sites for hydroxylation is 1. The molecule has 100 valence electrons. The Morgan fingerprint density at radius 1 is 1.26 bits per heavy atom. The van der Waals surface area contributed by atoms with E-state index < -0.39 is 0 Å². The molecule has 1 N–H and O–H groups in total. The molecule has 2 rings (SSSR count). The molecule has 0 aliphatic rings. The molecule has 0 aliphatic heterocycles. The zero-order chi connectivity index (χ0) is 13.7. The fourth-order valence-electron chi connectivity index (χ4n) is 1.73. The smallest absolute Gasteiger partial charge is 0.232 e. The van der Waals surface area contributed by atoms with Gasteiger partial charge in [0.1, 0.15) is 0 Å². The van der Waals surface area contributed by atoms with Gasteiger partial charge in [-0.15, -0.1) is 0 Å². The van der Waals surface area contributed by atoms with E-state index in [1.807, 2.05) is 12.1 Å². The Kier molecular flexibility index (Phi) is 4.74. The monoisotopic (exact) mass is 321 g/mol. The number of anilines is 2. The summed E-state index contributed by atoms with van der Waals surface area (Å²) in [7, 11) is 1.58. The normalized spacial score (nSPS) is 10.3. The van der Waals surface area contributed by atoms with Crippen LogP contribution in [0.3, 0.4) is 0 Å². The molecule has 0 saturated carbocycles. The lowest BCUT2D eigenvalue weighted by Crippen LogP contribution is -1.99. The third-order valence-corrected chi connectivity index (χ3v) is 3.20. The van der Waals surface area contributed by atoms with E-state index in [-0.39, 0.29) is 0 Å². The van der Waals surface area contributed by atoms with Gasteiger partial charge in [0.15, 0.2) is 0 Å². The van der Waals surface area contributed by atoms with Gasteiger partial charge in [-0.3, -0.25) is 0 Å². The molecule has 0 unspecified atom stereocenters. The van der Waals surface area contributed by atoms with Gasteiger partial charge in [-0.1, -0.05) is 25.5 Å². The Hall–Kier alpha value is -1.62. The highest BCUT2D eigenvalue weighted by Crippen LogP contribution is 2.23. The van der Waals surface area contributed by atoms with E-state index in [9.17, 15) is 0 Å². The topological polar surface area (TPSA) is 47.0 Å². The summed E-state index contributed by atoms with van der Waals surface area (Å²) < 4.78 is 5.87. The highest BCUT2D eigenvalue weighted by Gasteiger charge is 2.05. The summed E-state index contributed by atoms with van der Waals surface area (Å²) in [5.41, 5.74) is 2.30. The van der Waals surface area contributed by atoms with Gasteiger partial charge in [-0.2, -0.15) is 4.98 Å². The second kappa shape index (κ2) is 6.52. The number of nitrogens with zero attached hydrogens (tertiary/aromatic N) is 2. The summed E-state index contributed by atoms with van der Waals surface area (Å²) in [6.45, 7) is 2.17. The molecule has 0 saturated heterocycles. The summed E-state index contributed by atoms with van der Waals surface area (Å²) in [5, 5.41) is 3.15. The maximum Gasteiger partial charge on any atom is 0.232 e. The van der Waals surface area contributed by atoms with E-state index in [1.54, 1.807) is 13.3 Å². The molecule has 5 heteroatoms. The summed E-state index contributed by atoms with van der Waals surface area (Å²) >= 11 is 3.33. The van der Waals surface area contributed by atoms with Crippen LogP contribution in [-0.2, 0) is 6.42 Å². The van der Waals surface area contributed by atoms with Crippen LogP contribution in [0, 0.1) is 0 Å². The van der Waals surface area contributed by atoms with Crippen LogP contribution in [0.5, 0.6) is 5.88 Å². The summed E-state index contributed by atoms with van der Waals surface area (Å²) in [6.07, 6.45) is 3.92. The minimum absolute atomic E-state index is 0.514. The predicted molar refractivity (Wildman–Crippen MR) is 80.0 cm³/mol. The average molecular weight is 322 g/mol. The number of hydrogen-bond acceptors (Lipinski definition) is 4. The third-order valence-electron chi connectivity index (χ3n) is 2.65. The maximum absolute atomic E-state index is 5.14. The van der Waals surface area contributed by atoms with Crippen molar-refractivity contribution in [1.29, 1.82) is 0 Å². The molecule has 1 heterocycles. The van der Waals surface area contributed by atoms with Crippen molar-refractivity contribution in [1.82, 2.24) is 9.97 Å². The highest BCUT2D eigenvalue weighted by atomic mass is 79.9. The third kappa shape index (κ3) is 3.67. The summed E-state index contributed by atoms with van der Waals surface area (Å²) in [4.78, 5) is 8.45. The van der Waals surface area contributed by atoms with E-state index >= 15 is 0 Å². The molecule has 4 nitrogen and oxygen atoms in total. The van der Waals surface area contributed by atoms with Crippen LogP contribution in [0.2, 0.25) is 0 Å². The number of methoxy groups -OCH3 is 1. The van der Waals surface area contributed by atoms with Crippen LogP contribution >= 0.6 is 15.9 Å². The average Bonchev–Trinajstić information content (AvgIpc) is 2.43. The first-order valence-corrected chi connectivity index (χ1v) is 6.94. The lowest BCUT2D eigenvalue weighted by atomic mass is 10.1. The Morgan fingerprint density at radius 3 is 2.63 bits per heavy atom. The van der Waals surface area contributed by atoms with Gasteiger partial charge in [0.25, 0.3) is 0 Å². The van der Waals surface area contributed by atoms with Crippen molar-refractivity contribution in [2.45, 2.75) is 19.8 Å². The Labute approximate surface area is 121 Å². The zero-order valence-corrected chi connectivity index (χ0v) is 12.6. The molecule has 0 spiro atoms. The van der Waals surface area contributed by atoms with Gasteiger partial charge in [-0.25, -0.2) is 4.98 Å². The highest BCUT2D eigenvalue weighted by molar-refractivity contribution is 9.10. The quantitative estimate of drug-likeness (QED) is 0.906. The van der Waals surface area contributed by atoms with Crippen molar-refractivity contribution in [2.24, 2.45) is 0 Å². The minimum Gasteiger partial charge on any atom is -0.480 e. The van der Waals surface area contributed by atoms with E-state index in [4.69, 9.17) is 4.74 Å². The first kappa shape index (κ1) is 13.8. The second-order valence-electron chi connectivity index (χ2n) is 4.12. The van der Waals surface area contributed by atoms with Gasteiger partial charge in [0.05, 0.1) is 17.8 Å². The second-order valence-corrected chi connectivity index (χ2v) is 4.98. The van der Waals surface area contributed by atoms with Gasteiger partial charge >= 0.3 is 0 Å². The van der Waals surface area contributed by atoms with Crippen LogP contribution in [0.1, 0.15) is 18.9 Å². The number of ether oxygens (including phenoxy) is 1. The number of rotatable bonds is 5. The standard InChI is InChI=1S/C14H16BrN3O/c1-3-4-10-5-7-11(8-6-10)17-14-16-9-12(15)13(18-14)19-2/h5-9H,3-4H2,1-2H3,(H,16,17,18). The van der Waals surface area contributed by atoms with Crippen molar-refractivity contribution in [2.75, 3.05) is 12.4 Å². The Morgan fingerprint density at radius 2 is 2.00 bits per heavy atom. The molecular formula is C14H16BrN3O. The van der Waals surface area contributed by atoms with Crippen LogP contribution in [0.25, 0.3) is 0 Å². The van der Waals surface area contributed by atoms with Crippen LogP contribution in [-0.4, -0.2) is 17.1 Å². The first-order chi connectivity index (χ1) is 9.22. The van der Waals surface area contributed by atoms with Gasteiger partial charge < -0.3 is 10.1 Å². The van der Waals surface area contributed by atoms with Crippen LogP contribution in [0.4, 0.5) is 11.6 Å². The first-order valence-electron chi connectivity index (χ1n) is 6.15. The molecule has 1 aromatic carbocycles. The Balaban J connectivity index is 2.12. The Bertz CT molecular complexity index is 543. The van der Waals surface area contributed by atoms with E-state index in [2.05, 4.69) is 50.3 Å². The van der Waals surface area contributed by atoms with Gasteiger partial charge in [-0.05, 0) is 40.0 Å². The zero-order valence-electron chi connectivity index (χ0n) is 11.0. The fraction of sp³-hybridized carbons (Fsp3) is 0.286. The molecule has 0 fully saturated rings. The van der Waals surface area contributed by atoms with E-state index in [1.165, 1.54) is 5.56 Å². The van der Waals surface area contributed by atoms with Crippen molar-refractivity contribution >= 4 is 27.6 Å². The summed E-state index contributed by atoms with van der Waals surface area (Å²) in [6, 6.07) is 8.29. The number of aromatic nitrogens is 2. The SMILES string of the molecule is CCCc1ccc(Nc2ncc(Br)c(OC)n2)cc1. The molecule has 0 bridgehead atoms. The molecule has 0 radical (unpaired) electrons. The van der Waals surface area contributed by atoms with Crippen molar-refractivity contribution in [3.05, 3.63) is 40.5 Å². The number of benzene rings is 1. The van der Waals surface area contributed by atoms with E-state index in [0.29, 0.717) is 11.8 Å². The number of nitrogens with one attached hydrogen (secondary N) is 1. The maximum atomic E-state index is 5.14. The molecule has 2 aromatic rings. The van der Waals surface area contributed by atoms with Crippen LogP contribution < -0.4 is 10.1 Å². The molecule has 19 heavy (non-hydrogen) atoms. The van der Waals surface area contributed by atoms with E-state index in [0.717, 1.165) is 23.0 Å². The molecule has 0 amide bonds. The minimum atomic E-state index is 0.514. The lowest BCUT2D eigenvalue weighted by Gasteiger charge is -2.08. The predicted octanol–water partition coefficient (Wildman–Crippen LogP) is 3.94. The van der Waals surface area contributed by atoms with Gasteiger partial charge in [0, 0.05) is 5.69 Å². The molecule has 0 aliphatic carbocycles. The molecule has 1 aromatic heterocycles. The van der Waals surface area contributed by atoms with Crippen LogP contribution in [0.15, 0.2) is 34.9 Å². The van der Waals surface area contributed by atoms with Crippen molar-refractivity contribution < 1.29 is 4.74 Å². The largest absolute Gasteiger partial charge is 0.480 e. The molecular weight excluding hydrogens is 306 g/mol. The van der Waals surface area contributed by atoms with Crippen molar-refractivity contribution in [3.63, 3.8) is 0 Å².